The van der Waals surface area contributed by atoms with Gasteiger partial charge in [0.1, 0.15) is 0 Å². The number of nitrogens with one attached hydrogen (secondary N) is 1. The Bertz CT molecular complexity index is 1010. The molecule has 0 saturated carbocycles. The van der Waals surface area contributed by atoms with Gasteiger partial charge in [-0.05, 0) is 42.5 Å². The van der Waals surface area contributed by atoms with Crippen molar-refractivity contribution >= 4 is 28.1 Å². The van der Waals surface area contributed by atoms with Crippen LogP contribution in [0.2, 0.25) is 0 Å². The zero-order valence-corrected chi connectivity index (χ0v) is 11.7. The monoisotopic (exact) mass is 284 g/mol. The van der Waals surface area contributed by atoms with E-state index in [0.29, 0.717) is 5.56 Å². The highest BCUT2D eigenvalue weighted by atomic mass is 15.1. The van der Waals surface area contributed by atoms with Crippen LogP contribution in [0.3, 0.4) is 0 Å². The van der Waals surface area contributed by atoms with Gasteiger partial charge < -0.3 is 9.72 Å². The number of hydrogen-bond acceptors (Lipinski definition) is 3. The predicted octanol–water partition coefficient (Wildman–Crippen LogP) is 4.10. The first-order valence-corrected chi connectivity index (χ1v) is 6.98. The number of nitrogens with zero attached hydrogens (tertiary/aromatic N) is 3. The number of rotatable bonds is 2. The van der Waals surface area contributed by atoms with Crippen molar-refractivity contribution in [2.75, 3.05) is 5.32 Å². The third kappa shape index (κ3) is 1.97. The predicted molar refractivity (Wildman–Crippen MR) is 87.1 cm³/mol. The van der Waals surface area contributed by atoms with E-state index in [-0.39, 0.29) is 0 Å². The molecule has 22 heavy (non-hydrogen) atoms. The summed E-state index contributed by atoms with van der Waals surface area (Å²) in [6.07, 6.45) is 2.00. The van der Waals surface area contributed by atoms with Gasteiger partial charge in [0.05, 0.1) is 28.2 Å². The number of aromatic nitrogens is 2. The summed E-state index contributed by atoms with van der Waals surface area (Å²) in [5, 5.41) is 12.4. The second-order valence-corrected chi connectivity index (χ2v) is 5.03. The molecule has 0 aliphatic carbocycles. The summed E-state index contributed by atoms with van der Waals surface area (Å²) in [5.74, 6) is 0.777. The van der Waals surface area contributed by atoms with E-state index < -0.39 is 0 Å². The molecule has 4 nitrogen and oxygen atoms in total. The van der Waals surface area contributed by atoms with Crippen molar-refractivity contribution in [2.24, 2.45) is 0 Å². The number of nitriles is 1. The molecule has 1 N–H and O–H groups in total. The van der Waals surface area contributed by atoms with E-state index in [0.717, 1.165) is 28.1 Å². The van der Waals surface area contributed by atoms with Gasteiger partial charge in [-0.1, -0.05) is 18.2 Å². The van der Waals surface area contributed by atoms with Crippen LogP contribution in [-0.4, -0.2) is 9.38 Å². The van der Waals surface area contributed by atoms with E-state index in [1.807, 2.05) is 66.9 Å². The lowest BCUT2D eigenvalue weighted by atomic mass is 10.2. The molecule has 4 heteroatoms. The molecule has 0 radical (unpaired) electrons. The summed E-state index contributed by atoms with van der Waals surface area (Å²) in [6.45, 7) is 0. The van der Waals surface area contributed by atoms with Gasteiger partial charge in [-0.25, -0.2) is 4.98 Å². The SMILES string of the molecule is N#Cc1ccc2c(c1)nc(Nc1ccccc1)c1cccn12. The van der Waals surface area contributed by atoms with E-state index in [2.05, 4.69) is 15.8 Å². The first kappa shape index (κ1) is 12.4. The summed E-state index contributed by atoms with van der Waals surface area (Å²) < 4.78 is 2.08. The van der Waals surface area contributed by atoms with Crippen molar-refractivity contribution in [3.8, 4) is 6.07 Å². The molecule has 0 amide bonds. The second kappa shape index (κ2) is 4.90. The molecule has 0 aliphatic rings. The minimum Gasteiger partial charge on any atom is -0.338 e. The molecule has 4 aromatic rings. The number of anilines is 2. The highest BCUT2D eigenvalue weighted by molar-refractivity contribution is 5.86. The van der Waals surface area contributed by atoms with Crippen LogP contribution in [-0.2, 0) is 0 Å². The first-order chi connectivity index (χ1) is 10.8. The Morgan fingerprint density at radius 3 is 2.64 bits per heavy atom. The molecule has 0 bridgehead atoms. The Morgan fingerprint density at radius 1 is 0.955 bits per heavy atom. The molecule has 4 rings (SSSR count). The van der Waals surface area contributed by atoms with Gasteiger partial charge >= 0.3 is 0 Å². The Morgan fingerprint density at radius 2 is 1.82 bits per heavy atom. The maximum absolute atomic E-state index is 9.07. The summed E-state index contributed by atoms with van der Waals surface area (Å²) in [5.41, 5.74) is 4.37. The maximum atomic E-state index is 9.07. The number of fused-ring (bicyclic) bond motifs is 3. The van der Waals surface area contributed by atoms with Crippen molar-refractivity contribution in [2.45, 2.75) is 0 Å². The van der Waals surface area contributed by atoms with Crippen LogP contribution in [0.25, 0.3) is 16.6 Å². The van der Waals surface area contributed by atoms with E-state index in [1.165, 1.54) is 0 Å². The molecule has 0 aliphatic heterocycles. The van der Waals surface area contributed by atoms with Gasteiger partial charge in [0.25, 0.3) is 0 Å². The lowest BCUT2D eigenvalue weighted by molar-refractivity contribution is 1.22. The van der Waals surface area contributed by atoms with Gasteiger partial charge in [-0.3, -0.25) is 0 Å². The van der Waals surface area contributed by atoms with Crippen LogP contribution in [0.4, 0.5) is 11.5 Å². The van der Waals surface area contributed by atoms with Crippen LogP contribution >= 0.6 is 0 Å². The average molecular weight is 284 g/mol. The Labute approximate surface area is 127 Å². The normalized spacial score (nSPS) is 10.7. The van der Waals surface area contributed by atoms with Crippen molar-refractivity contribution < 1.29 is 0 Å². The van der Waals surface area contributed by atoms with E-state index in [9.17, 15) is 0 Å². The fraction of sp³-hybridized carbons (Fsp3) is 0. The molecule has 2 aromatic heterocycles. The van der Waals surface area contributed by atoms with Crippen molar-refractivity contribution in [1.82, 2.24) is 9.38 Å². The molecule has 0 spiro atoms. The standard InChI is InChI=1S/C18H12N4/c19-12-13-8-9-16-15(11-13)21-18(17-7-4-10-22(16)17)20-14-5-2-1-3-6-14/h1-11H,(H,20,21). The van der Waals surface area contributed by atoms with Crippen molar-refractivity contribution in [1.29, 1.82) is 5.26 Å². The van der Waals surface area contributed by atoms with Gasteiger partial charge in [-0.15, -0.1) is 0 Å². The zero-order chi connectivity index (χ0) is 14.9. The van der Waals surface area contributed by atoms with E-state index in [1.54, 1.807) is 0 Å². The molecular weight excluding hydrogens is 272 g/mol. The quantitative estimate of drug-likeness (QED) is 0.603. The van der Waals surface area contributed by atoms with Crippen LogP contribution in [0, 0.1) is 11.3 Å². The van der Waals surface area contributed by atoms with Gasteiger partial charge in [0, 0.05) is 11.9 Å². The first-order valence-electron chi connectivity index (χ1n) is 6.98. The molecule has 104 valence electrons. The number of benzene rings is 2. The van der Waals surface area contributed by atoms with Crippen molar-refractivity contribution in [3.05, 3.63) is 72.4 Å². The lowest BCUT2D eigenvalue weighted by Gasteiger charge is -2.10. The third-order valence-electron chi connectivity index (χ3n) is 3.62. The third-order valence-corrected chi connectivity index (χ3v) is 3.62. The van der Waals surface area contributed by atoms with Gasteiger partial charge in [0.2, 0.25) is 0 Å². The maximum Gasteiger partial charge on any atom is 0.155 e. The van der Waals surface area contributed by atoms with Crippen LogP contribution < -0.4 is 5.32 Å². The molecular formula is C18H12N4. The summed E-state index contributed by atoms with van der Waals surface area (Å²) in [6, 6.07) is 21.7. The highest BCUT2D eigenvalue weighted by Crippen LogP contribution is 2.25. The zero-order valence-electron chi connectivity index (χ0n) is 11.7. The summed E-state index contributed by atoms with van der Waals surface area (Å²) in [4.78, 5) is 4.70. The Hall–Kier alpha value is -3.32. The largest absolute Gasteiger partial charge is 0.338 e. The molecule has 0 fully saturated rings. The topological polar surface area (TPSA) is 53.1 Å². The van der Waals surface area contributed by atoms with Crippen LogP contribution in [0.15, 0.2) is 66.9 Å². The molecule has 0 saturated heterocycles. The minimum atomic E-state index is 0.608. The average Bonchev–Trinajstić information content (AvgIpc) is 3.05. The molecule has 2 heterocycles. The van der Waals surface area contributed by atoms with Crippen molar-refractivity contribution in [3.63, 3.8) is 0 Å². The lowest BCUT2D eigenvalue weighted by Crippen LogP contribution is -1.99. The summed E-state index contributed by atoms with van der Waals surface area (Å²) in [7, 11) is 0. The Kier molecular flexibility index (Phi) is 2.77. The molecule has 0 atom stereocenters. The second-order valence-electron chi connectivity index (χ2n) is 5.03. The fourth-order valence-electron chi connectivity index (χ4n) is 2.60. The minimum absolute atomic E-state index is 0.608. The molecule has 2 aromatic carbocycles. The van der Waals surface area contributed by atoms with Gasteiger partial charge in [0.15, 0.2) is 5.82 Å². The van der Waals surface area contributed by atoms with Crippen LogP contribution in [0.5, 0.6) is 0 Å². The van der Waals surface area contributed by atoms with Gasteiger partial charge in [-0.2, -0.15) is 5.26 Å². The smallest absolute Gasteiger partial charge is 0.155 e. The highest BCUT2D eigenvalue weighted by Gasteiger charge is 2.08. The summed E-state index contributed by atoms with van der Waals surface area (Å²) >= 11 is 0. The van der Waals surface area contributed by atoms with Crippen LogP contribution in [0.1, 0.15) is 5.56 Å². The fourth-order valence-corrected chi connectivity index (χ4v) is 2.60. The van der Waals surface area contributed by atoms with E-state index in [4.69, 9.17) is 10.2 Å². The Balaban J connectivity index is 1.96. The number of hydrogen-bond donors (Lipinski definition) is 1. The number of para-hydroxylation sites is 1. The molecule has 0 unspecified atom stereocenters. The van der Waals surface area contributed by atoms with E-state index >= 15 is 0 Å².